The van der Waals surface area contributed by atoms with E-state index in [1.54, 1.807) is 48.5 Å². The fraction of sp³-hybridized carbons (Fsp3) is 0.278. The minimum absolute atomic E-state index is 0.0789. The van der Waals surface area contributed by atoms with Crippen molar-refractivity contribution >= 4 is 48.0 Å². The Kier molecular flexibility index (Phi) is 14.1. The third-order valence-corrected chi connectivity index (χ3v) is 6.64. The molecule has 0 saturated heterocycles. The predicted octanol–water partition coefficient (Wildman–Crippen LogP) is 4.58. The Labute approximate surface area is 277 Å². The molecule has 3 rings (SSSR count). The predicted molar refractivity (Wildman–Crippen MR) is 172 cm³/mol. The van der Waals surface area contributed by atoms with Gasteiger partial charge in [-0.2, -0.15) is 0 Å². The van der Waals surface area contributed by atoms with E-state index < -0.39 is 47.7 Å². The van der Waals surface area contributed by atoms with Crippen molar-refractivity contribution in [2.24, 2.45) is 11.8 Å². The van der Waals surface area contributed by atoms with Gasteiger partial charge < -0.3 is 28.4 Å². The molecule has 12 heteroatoms. The van der Waals surface area contributed by atoms with Crippen LogP contribution in [0, 0.1) is 11.8 Å². The van der Waals surface area contributed by atoms with Crippen LogP contribution in [0.1, 0.15) is 37.8 Å². The lowest BCUT2D eigenvalue weighted by Crippen LogP contribution is -2.39. The van der Waals surface area contributed by atoms with Crippen LogP contribution >= 0.6 is 0 Å². The van der Waals surface area contributed by atoms with E-state index in [2.05, 4.69) is 13.2 Å². The van der Waals surface area contributed by atoms with Crippen molar-refractivity contribution in [2.75, 3.05) is 26.4 Å². The summed E-state index contributed by atoms with van der Waals surface area (Å²) in [5, 5.41) is 0. The summed E-state index contributed by atoms with van der Waals surface area (Å²) in [6.07, 6.45) is 6.07. The second-order valence-electron chi connectivity index (χ2n) is 10.7. The third kappa shape index (κ3) is 12.5. The van der Waals surface area contributed by atoms with Gasteiger partial charge in [0.25, 0.3) is 0 Å². The molecule has 1 fully saturated rings. The fourth-order valence-electron chi connectivity index (χ4n) is 3.92. The van der Waals surface area contributed by atoms with E-state index in [1.165, 1.54) is 38.2 Å². The first kappa shape index (κ1) is 36.7. The van der Waals surface area contributed by atoms with Crippen molar-refractivity contribution in [1.29, 1.82) is 0 Å². The molecular weight excluding hydrogens is 624 g/mol. The summed E-state index contributed by atoms with van der Waals surface area (Å²) in [5.74, 6) is -3.52. The molecular formula is C36H36O12. The maximum absolute atomic E-state index is 12.5. The average molecular weight is 661 g/mol. The molecule has 1 aliphatic carbocycles. The maximum Gasteiger partial charge on any atom is 0.333 e. The van der Waals surface area contributed by atoms with Gasteiger partial charge in [-0.25, -0.2) is 19.2 Å². The Balaban J connectivity index is 1.33. The van der Waals surface area contributed by atoms with E-state index in [0.29, 0.717) is 35.5 Å². The summed E-state index contributed by atoms with van der Waals surface area (Å²) in [6.45, 7) is 9.60. The van der Waals surface area contributed by atoms with Crippen molar-refractivity contribution in [3.8, 4) is 11.5 Å². The number of carbonyl (C=O) groups excluding carboxylic acids is 6. The standard InChI is InChI=1S/C36H36O12/c1-23(2)33(39)45-19-17-43-31(37)15-9-25-5-11-29(12-6-25)47-35(41)27-21-28(22-27)36(42)48-30-13-7-26(8-14-30)10-16-32(38)44-18-20-46-34(40)24(3)4/h5-16,27-28H,1,3,17-22H2,2,4H3/b15-9+,16-10+. The second-order valence-corrected chi connectivity index (χ2v) is 10.7. The summed E-state index contributed by atoms with van der Waals surface area (Å²) >= 11 is 0. The highest BCUT2D eigenvalue weighted by Gasteiger charge is 2.41. The Hall–Kier alpha value is -5.78. The van der Waals surface area contributed by atoms with Gasteiger partial charge in [0.15, 0.2) is 0 Å². The second kappa shape index (κ2) is 18.4. The van der Waals surface area contributed by atoms with Crippen molar-refractivity contribution in [3.63, 3.8) is 0 Å². The van der Waals surface area contributed by atoms with Crippen LogP contribution in [0.4, 0.5) is 0 Å². The monoisotopic (exact) mass is 660 g/mol. The highest BCUT2D eigenvalue weighted by molar-refractivity contribution is 5.89. The Morgan fingerprint density at radius 2 is 0.917 bits per heavy atom. The SMILES string of the molecule is C=C(C)C(=O)OCCOC(=O)/C=C/c1ccc(OC(=O)C2CC(C(=O)Oc3ccc(/C=C/C(=O)OCCOC(=O)C(=C)C)cc3)C2)cc1. The number of ether oxygens (including phenoxy) is 6. The van der Waals surface area contributed by atoms with Gasteiger partial charge in [-0.3, -0.25) is 9.59 Å². The lowest BCUT2D eigenvalue weighted by molar-refractivity contribution is -0.151. The van der Waals surface area contributed by atoms with Crippen molar-refractivity contribution in [1.82, 2.24) is 0 Å². The smallest absolute Gasteiger partial charge is 0.333 e. The van der Waals surface area contributed by atoms with E-state index in [-0.39, 0.29) is 37.6 Å². The highest BCUT2D eigenvalue weighted by atomic mass is 16.6. The number of rotatable bonds is 16. The Morgan fingerprint density at radius 1 is 0.583 bits per heavy atom. The molecule has 0 radical (unpaired) electrons. The average Bonchev–Trinajstić information content (AvgIpc) is 3.03. The molecule has 0 aromatic heterocycles. The van der Waals surface area contributed by atoms with Crippen LogP contribution in [0.25, 0.3) is 12.2 Å². The third-order valence-electron chi connectivity index (χ3n) is 6.64. The molecule has 0 atom stereocenters. The van der Waals surface area contributed by atoms with Crippen LogP contribution in [0.2, 0.25) is 0 Å². The van der Waals surface area contributed by atoms with Crippen molar-refractivity contribution in [2.45, 2.75) is 26.7 Å². The normalized spacial score (nSPS) is 15.1. The van der Waals surface area contributed by atoms with Gasteiger partial charge in [-0.15, -0.1) is 0 Å². The molecule has 48 heavy (non-hydrogen) atoms. The fourth-order valence-corrected chi connectivity index (χ4v) is 3.92. The number of hydrogen-bond donors (Lipinski definition) is 0. The minimum Gasteiger partial charge on any atom is -0.459 e. The summed E-state index contributed by atoms with van der Waals surface area (Å²) in [4.78, 5) is 71.3. The molecule has 1 aliphatic rings. The zero-order chi connectivity index (χ0) is 35.1. The molecule has 0 unspecified atom stereocenters. The van der Waals surface area contributed by atoms with Crippen LogP contribution in [0.15, 0.2) is 85.0 Å². The van der Waals surface area contributed by atoms with Crippen LogP contribution in [0.3, 0.4) is 0 Å². The Bertz CT molecular complexity index is 1460. The molecule has 0 heterocycles. The molecule has 2 aromatic rings. The van der Waals surface area contributed by atoms with Crippen LogP contribution in [-0.2, 0) is 47.7 Å². The summed E-state index contributed by atoms with van der Waals surface area (Å²) in [7, 11) is 0. The molecule has 0 spiro atoms. The molecule has 0 aliphatic heterocycles. The van der Waals surface area contributed by atoms with Gasteiger partial charge in [-0.05, 0) is 74.2 Å². The molecule has 2 aromatic carbocycles. The first-order chi connectivity index (χ1) is 22.9. The van der Waals surface area contributed by atoms with Gasteiger partial charge in [-0.1, -0.05) is 37.4 Å². The van der Waals surface area contributed by atoms with Crippen LogP contribution in [0.5, 0.6) is 11.5 Å². The first-order valence-corrected chi connectivity index (χ1v) is 14.9. The van der Waals surface area contributed by atoms with Crippen LogP contribution in [-0.4, -0.2) is 62.2 Å². The number of esters is 6. The highest BCUT2D eigenvalue weighted by Crippen LogP contribution is 2.36. The largest absolute Gasteiger partial charge is 0.459 e. The molecule has 1 saturated carbocycles. The zero-order valence-corrected chi connectivity index (χ0v) is 26.6. The number of carbonyl (C=O) groups is 6. The van der Waals surface area contributed by atoms with Crippen molar-refractivity contribution < 1.29 is 57.2 Å². The van der Waals surface area contributed by atoms with E-state index in [1.807, 2.05) is 0 Å². The number of hydrogen-bond acceptors (Lipinski definition) is 12. The molecule has 0 bridgehead atoms. The summed E-state index contributed by atoms with van der Waals surface area (Å²) < 4.78 is 30.4. The lowest BCUT2D eigenvalue weighted by Gasteiger charge is -2.31. The minimum atomic E-state index is -0.613. The van der Waals surface area contributed by atoms with Gasteiger partial charge in [0.1, 0.15) is 37.9 Å². The zero-order valence-electron chi connectivity index (χ0n) is 26.6. The van der Waals surface area contributed by atoms with E-state index >= 15 is 0 Å². The van der Waals surface area contributed by atoms with Gasteiger partial charge in [0.05, 0.1) is 11.8 Å². The lowest BCUT2D eigenvalue weighted by atomic mass is 9.75. The maximum atomic E-state index is 12.5. The molecule has 12 nitrogen and oxygen atoms in total. The summed E-state index contributed by atoms with van der Waals surface area (Å²) in [5.41, 5.74) is 1.83. The van der Waals surface area contributed by atoms with Gasteiger partial charge >= 0.3 is 35.8 Å². The topological polar surface area (TPSA) is 158 Å². The van der Waals surface area contributed by atoms with Gasteiger partial charge in [0.2, 0.25) is 0 Å². The first-order valence-electron chi connectivity index (χ1n) is 14.9. The van der Waals surface area contributed by atoms with Gasteiger partial charge in [0, 0.05) is 23.3 Å². The number of benzene rings is 2. The Morgan fingerprint density at radius 3 is 1.25 bits per heavy atom. The molecule has 0 N–H and O–H groups in total. The van der Waals surface area contributed by atoms with Crippen LogP contribution < -0.4 is 9.47 Å². The van der Waals surface area contributed by atoms with E-state index in [0.717, 1.165) is 0 Å². The van der Waals surface area contributed by atoms with E-state index in [9.17, 15) is 28.8 Å². The molecule has 252 valence electrons. The van der Waals surface area contributed by atoms with E-state index in [4.69, 9.17) is 28.4 Å². The molecule has 0 amide bonds. The quantitative estimate of drug-likeness (QED) is 0.0813. The summed E-state index contributed by atoms with van der Waals surface area (Å²) in [6, 6.07) is 12.9. The van der Waals surface area contributed by atoms with Crippen molar-refractivity contribution in [3.05, 3.63) is 96.1 Å².